The molecule has 4 aromatic rings. The molecule has 0 amide bonds. The largest absolute Gasteiger partial charge is 0.497 e. The van der Waals surface area contributed by atoms with Crippen LogP contribution in [-0.2, 0) is 21.3 Å². The Morgan fingerprint density at radius 3 is 2.51 bits per heavy atom. The Bertz CT molecular complexity index is 1890. The van der Waals surface area contributed by atoms with Gasteiger partial charge in [0.2, 0.25) is 0 Å². The van der Waals surface area contributed by atoms with Gasteiger partial charge >= 0.3 is 6.01 Å². The Morgan fingerprint density at radius 2 is 1.84 bits per heavy atom. The van der Waals surface area contributed by atoms with Crippen molar-refractivity contribution in [1.82, 2.24) is 9.55 Å². The molecule has 11 heteroatoms. The van der Waals surface area contributed by atoms with E-state index in [2.05, 4.69) is 11.1 Å². The lowest BCUT2D eigenvalue weighted by molar-refractivity contribution is 0.297. The van der Waals surface area contributed by atoms with Crippen molar-refractivity contribution in [1.29, 1.82) is 0 Å². The van der Waals surface area contributed by atoms with Crippen LogP contribution in [0.1, 0.15) is 37.7 Å². The first kappa shape index (κ1) is 28.6. The maximum absolute atomic E-state index is 14.1. The van der Waals surface area contributed by atoms with Crippen LogP contribution >= 0.6 is 0 Å². The number of allylic oxidation sites excluding steroid dienone is 3. The number of aromatic nitrogens is 2. The number of nitrogens with zero attached hydrogens (tertiary/aromatic N) is 3. The molecule has 2 aliphatic carbocycles. The fourth-order valence-electron chi connectivity index (χ4n) is 5.73. The fourth-order valence-corrected chi connectivity index (χ4v) is 7.11. The molecular formula is C32H33N3O7S. The topological polar surface area (TPSA) is 113 Å². The maximum atomic E-state index is 14.1. The van der Waals surface area contributed by atoms with E-state index < -0.39 is 10.0 Å². The number of benzene rings is 2. The van der Waals surface area contributed by atoms with Crippen LogP contribution in [0.15, 0.2) is 92.5 Å². The minimum Gasteiger partial charge on any atom is -0.497 e. The minimum atomic E-state index is -4.17. The minimum absolute atomic E-state index is 0.0210. The van der Waals surface area contributed by atoms with Gasteiger partial charge < -0.3 is 18.6 Å². The summed E-state index contributed by atoms with van der Waals surface area (Å²) >= 11 is 0. The summed E-state index contributed by atoms with van der Waals surface area (Å²) in [5, 5.41) is 0.590. The van der Waals surface area contributed by atoms with Crippen molar-refractivity contribution in [3.8, 4) is 11.5 Å². The Hall–Kier alpha value is -4.51. The first-order valence-corrected chi connectivity index (χ1v) is 15.5. The predicted octanol–water partition coefficient (Wildman–Crippen LogP) is 5.74. The molecule has 224 valence electrons. The summed E-state index contributed by atoms with van der Waals surface area (Å²) in [5.41, 5.74) is 3.11. The van der Waals surface area contributed by atoms with E-state index in [4.69, 9.17) is 18.6 Å². The molecule has 1 fully saturated rings. The van der Waals surface area contributed by atoms with Crippen molar-refractivity contribution in [2.45, 2.75) is 43.5 Å². The number of methoxy groups -OCH3 is 3. The summed E-state index contributed by atoms with van der Waals surface area (Å²) in [7, 11) is 0.491. The van der Waals surface area contributed by atoms with E-state index in [-0.39, 0.29) is 23.0 Å². The van der Waals surface area contributed by atoms with E-state index in [1.54, 1.807) is 55.2 Å². The Kier molecular flexibility index (Phi) is 7.74. The van der Waals surface area contributed by atoms with E-state index in [9.17, 15) is 13.2 Å². The van der Waals surface area contributed by atoms with Gasteiger partial charge in [-0.3, -0.25) is 9.36 Å². The van der Waals surface area contributed by atoms with Crippen molar-refractivity contribution < 1.29 is 27.0 Å². The van der Waals surface area contributed by atoms with Gasteiger partial charge in [-0.05, 0) is 74.1 Å². The Labute approximate surface area is 249 Å². The van der Waals surface area contributed by atoms with Gasteiger partial charge in [-0.2, -0.15) is 0 Å². The molecule has 2 aromatic heterocycles. The van der Waals surface area contributed by atoms with Crippen molar-refractivity contribution in [2.24, 2.45) is 5.92 Å². The van der Waals surface area contributed by atoms with E-state index in [1.165, 1.54) is 56.5 Å². The number of fused-ring (bicyclic) bond motifs is 1. The third-order valence-electron chi connectivity index (χ3n) is 8.27. The van der Waals surface area contributed by atoms with Gasteiger partial charge in [-0.25, -0.2) is 17.7 Å². The molecule has 0 spiro atoms. The van der Waals surface area contributed by atoms with E-state index in [0.29, 0.717) is 46.1 Å². The first-order chi connectivity index (χ1) is 20.8. The summed E-state index contributed by atoms with van der Waals surface area (Å²) in [4.78, 5) is 17.4. The van der Waals surface area contributed by atoms with Crippen LogP contribution in [0.5, 0.6) is 11.5 Å². The van der Waals surface area contributed by atoms with Gasteiger partial charge in [0.15, 0.2) is 0 Å². The summed E-state index contributed by atoms with van der Waals surface area (Å²) < 4.78 is 53.0. The van der Waals surface area contributed by atoms with Crippen LogP contribution < -0.4 is 19.3 Å². The highest BCUT2D eigenvalue weighted by atomic mass is 32.2. The zero-order valence-electron chi connectivity index (χ0n) is 24.3. The van der Waals surface area contributed by atoms with Gasteiger partial charge in [-0.15, -0.1) is 0 Å². The third-order valence-corrected chi connectivity index (χ3v) is 9.98. The molecule has 0 unspecified atom stereocenters. The zero-order chi connectivity index (χ0) is 30.1. The zero-order valence-corrected chi connectivity index (χ0v) is 25.1. The number of anilines is 1. The first-order valence-electron chi connectivity index (χ1n) is 14.1. The maximum Gasteiger partial charge on any atom is 0.311 e. The average molecular weight is 604 g/mol. The lowest BCUT2D eigenvalue weighted by Gasteiger charge is -2.31. The molecule has 0 N–H and O–H groups in total. The number of ether oxygens (including phenoxy) is 3. The van der Waals surface area contributed by atoms with Crippen LogP contribution in [0.2, 0.25) is 0 Å². The van der Waals surface area contributed by atoms with Crippen molar-refractivity contribution in [3.05, 3.63) is 94.3 Å². The van der Waals surface area contributed by atoms with Crippen molar-refractivity contribution >= 4 is 32.6 Å². The van der Waals surface area contributed by atoms with Crippen LogP contribution in [-0.4, -0.2) is 39.3 Å². The van der Waals surface area contributed by atoms with Gasteiger partial charge in [0.05, 0.1) is 50.2 Å². The molecule has 0 aliphatic heterocycles. The lowest BCUT2D eigenvalue weighted by Crippen LogP contribution is -2.31. The SMILES string of the molecule is COC1=C(n2c(=O)ccc3cc(S(=O)(=O)N(Cc4ccc(OC)cc4OC)c4ncco4)ccc32)CCC(C2CCC2)=C1. The number of oxazole rings is 1. The predicted molar refractivity (Wildman–Crippen MR) is 163 cm³/mol. The average Bonchev–Trinajstić information content (AvgIpc) is 3.53. The standard InChI is InChI=1S/C32H33N3O7S/c1-39-25-10-7-24(29(19-25)40-2)20-34(32-33-15-16-42-32)43(37,38)26-11-13-27-23(17-26)9-14-31(36)35(27)28-12-8-22(18-30(28)41-3)21-5-4-6-21/h7,9-11,13-19,21H,4-6,8,12,20H2,1-3H3. The molecule has 0 atom stereocenters. The quantitative estimate of drug-likeness (QED) is 0.226. The molecule has 0 bridgehead atoms. The summed E-state index contributed by atoms with van der Waals surface area (Å²) in [6.45, 7) is -0.104. The van der Waals surface area contributed by atoms with E-state index >= 15 is 0 Å². The van der Waals surface area contributed by atoms with Gasteiger partial charge in [0.1, 0.15) is 23.5 Å². The highest BCUT2D eigenvalue weighted by Gasteiger charge is 2.31. The Balaban J connectivity index is 1.42. The Morgan fingerprint density at radius 1 is 1.00 bits per heavy atom. The van der Waals surface area contributed by atoms with Crippen LogP contribution in [0.3, 0.4) is 0 Å². The highest BCUT2D eigenvalue weighted by Crippen LogP contribution is 2.40. The van der Waals surface area contributed by atoms with Crippen LogP contribution in [0.4, 0.5) is 6.01 Å². The number of rotatable bonds is 10. The second-order valence-electron chi connectivity index (χ2n) is 10.6. The van der Waals surface area contributed by atoms with Crippen molar-refractivity contribution in [3.63, 3.8) is 0 Å². The van der Waals surface area contributed by atoms with Crippen LogP contribution in [0, 0.1) is 5.92 Å². The van der Waals surface area contributed by atoms with Gasteiger partial charge in [0, 0.05) is 23.1 Å². The number of sulfonamides is 1. The molecule has 2 aromatic carbocycles. The summed E-state index contributed by atoms with van der Waals surface area (Å²) in [5.74, 6) is 2.29. The molecule has 0 radical (unpaired) electrons. The smallest absolute Gasteiger partial charge is 0.311 e. The molecule has 2 aliphatic rings. The molecule has 43 heavy (non-hydrogen) atoms. The monoisotopic (exact) mass is 603 g/mol. The van der Waals surface area contributed by atoms with E-state index in [0.717, 1.165) is 16.4 Å². The molecule has 6 rings (SSSR count). The number of pyridine rings is 1. The fraction of sp³-hybridized carbons (Fsp3) is 0.312. The van der Waals surface area contributed by atoms with Crippen LogP contribution in [0.25, 0.3) is 16.6 Å². The molecule has 0 saturated heterocycles. The second kappa shape index (κ2) is 11.6. The summed E-state index contributed by atoms with van der Waals surface area (Å²) in [6.07, 6.45) is 9.94. The molecule has 1 saturated carbocycles. The van der Waals surface area contributed by atoms with Gasteiger partial charge in [-0.1, -0.05) is 12.0 Å². The highest BCUT2D eigenvalue weighted by molar-refractivity contribution is 7.92. The molecule has 2 heterocycles. The second-order valence-corrected chi connectivity index (χ2v) is 12.5. The number of hydrogen-bond acceptors (Lipinski definition) is 8. The molecule has 10 nitrogen and oxygen atoms in total. The number of hydrogen-bond donors (Lipinski definition) is 0. The lowest BCUT2D eigenvalue weighted by atomic mass is 9.76. The van der Waals surface area contributed by atoms with E-state index in [1.807, 2.05) is 0 Å². The summed E-state index contributed by atoms with van der Waals surface area (Å²) in [6, 6.07) is 12.9. The normalized spacial score (nSPS) is 15.7. The van der Waals surface area contributed by atoms with Crippen molar-refractivity contribution in [2.75, 3.05) is 25.6 Å². The molecular weight excluding hydrogens is 570 g/mol. The van der Waals surface area contributed by atoms with Gasteiger partial charge in [0.25, 0.3) is 15.6 Å². The third kappa shape index (κ3) is 5.29.